The van der Waals surface area contributed by atoms with Crippen LogP contribution in [0.5, 0.6) is 0 Å². The lowest BCUT2D eigenvalue weighted by Gasteiger charge is -2.41. The molecule has 7 nitrogen and oxygen atoms in total. The fourth-order valence-electron chi connectivity index (χ4n) is 5.19. The van der Waals surface area contributed by atoms with Crippen LogP contribution < -0.4 is 5.32 Å². The van der Waals surface area contributed by atoms with E-state index in [1.165, 1.54) is 19.3 Å². The summed E-state index contributed by atoms with van der Waals surface area (Å²) in [7, 11) is 19.7. The van der Waals surface area contributed by atoms with E-state index in [4.69, 9.17) is 33.6 Å². The summed E-state index contributed by atoms with van der Waals surface area (Å²) in [6.07, 6.45) is 9.05. The van der Waals surface area contributed by atoms with Gasteiger partial charge in [0.25, 0.3) is 0 Å². The van der Waals surface area contributed by atoms with E-state index in [1.54, 1.807) is 14.0 Å². The van der Waals surface area contributed by atoms with Gasteiger partial charge in [-0.05, 0) is 74.8 Å². The van der Waals surface area contributed by atoms with Crippen molar-refractivity contribution in [1.82, 2.24) is 19.5 Å². The number of hydrogen-bond donors (Lipinski definition) is 1. The van der Waals surface area contributed by atoms with Crippen LogP contribution in [0.25, 0.3) is 16.6 Å². The molecule has 1 aliphatic carbocycles. The maximum atomic E-state index is 10.7. The summed E-state index contributed by atoms with van der Waals surface area (Å²) in [5, 5.41) is 15.0. The molecule has 0 spiro atoms. The fourth-order valence-corrected chi connectivity index (χ4v) is 5.19. The predicted octanol–water partition coefficient (Wildman–Crippen LogP) is 5.33. The highest BCUT2D eigenvalue weighted by molar-refractivity contribution is 6.59. The topological polar surface area (TPSA) is 70.2 Å². The van der Waals surface area contributed by atoms with Crippen molar-refractivity contribution in [3.63, 3.8) is 0 Å². The van der Waals surface area contributed by atoms with Crippen molar-refractivity contribution in [3.05, 3.63) is 41.7 Å². The smallest absolute Gasteiger partial charge is 0.241 e. The van der Waals surface area contributed by atoms with Crippen LogP contribution in [-0.2, 0) is 6.42 Å². The number of fused-ring (bicyclic) bond motifs is 1. The molecule has 3 aromatic rings. The minimum atomic E-state index is -1.39. The summed E-state index contributed by atoms with van der Waals surface area (Å²) in [4.78, 5) is 7.49. The van der Waals surface area contributed by atoms with E-state index in [0.29, 0.717) is 18.4 Å². The molecule has 1 aliphatic heterocycles. The van der Waals surface area contributed by atoms with Gasteiger partial charge < -0.3 is 10.2 Å². The molecule has 0 bridgehead atoms. The van der Waals surface area contributed by atoms with Gasteiger partial charge in [0.05, 0.1) is 47.1 Å². The molecule has 39 heavy (non-hydrogen) atoms. The third kappa shape index (κ3) is 7.50. The first kappa shape index (κ1) is 29.3. The van der Waals surface area contributed by atoms with Crippen LogP contribution in [-0.4, -0.2) is 81.9 Å². The van der Waals surface area contributed by atoms with Crippen molar-refractivity contribution in [3.8, 4) is 11.1 Å². The maximum absolute atomic E-state index is 10.7. The minimum Gasteiger partial charge on any atom is -0.350 e. The van der Waals surface area contributed by atoms with Crippen LogP contribution in [0.15, 0.2) is 40.7 Å². The molecule has 0 unspecified atom stereocenters. The lowest BCUT2D eigenvalue weighted by molar-refractivity contribution is 0.101. The summed E-state index contributed by atoms with van der Waals surface area (Å²) in [5.74, 6) is 0.580. The third-order valence-electron chi connectivity index (χ3n) is 7.42. The Kier molecular flexibility index (Phi) is 9.86. The molecule has 0 amide bonds. The van der Waals surface area contributed by atoms with Crippen molar-refractivity contribution in [2.24, 2.45) is 10.2 Å². The molecule has 3 heterocycles. The molecule has 1 N–H and O–H groups in total. The van der Waals surface area contributed by atoms with E-state index in [0.717, 1.165) is 65.6 Å². The summed E-state index contributed by atoms with van der Waals surface area (Å²) in [6, 6.07) is 9.25. The van der Waals surface area contributed by atoms with E-state index < -0.39 is 5.11 Å². The second-order valence-corrected chi connectivity index (χ2v) is 10.7. The quantitative estimate of drug-likeness (QED) is 0.320. The zero-order valence-corrected chi connectivity index (χ0v) is 23.4. The molecule has 0 atom stereocenters. The van der Waals surface area contributed by atoms with Gasteiger partial charge in [-0.15, -0.1) is 10.2 Å². The molecule has 1 saturated heterocycles. The van der Waals surface area contributed by atoms with Gasteiger partial charge in [0.2, 0.25) is 5.95 Å². The number of benzene rings is 1. The van der Waals surface area contributed by atoms with Crippen molar-refractivity contribution in [2.75, 3.05) is 32.1 Å². The predicted molar refractivity (Wildman–Crippen MR) is 159 cm³/mol. The average Bonchev–Trinajstić information content (AvgIpc) is 3.29. The Morgan fingerprint density at radius 1 is 1.13 bits per heavy atom. The maximum Gasteiger partial charge on any atom is 0.241 e. The Bertz CT molecular complexity index is 1260. The average molecular weight is 523 g/mol. The Morgan fingerprint density at radius 2 is 1.85 bits per heavy atom. The van der Waals surface area contributed by atoms with Gasteiger partial charge in [0.1, 0.15) is 0 Å². The Balaban J connectivity index is 0.000000826. The van der Waals surface area contributed by atoms with Crippen LogP contribution in [0.1, 0.15) is 56.7 Å². The standard InChI is InChI=1S/C25H30B3N7.C3H7F/c1-16-14-17(6-7-21(16)32-29-2)20-10-13-35-23(20)22(15-25(26,27)28)31-24(33-35)30-18-8-11-34(12-9-18)19-4-3-5-19;1-2-3-4/h6-7,10,13-14,18-19H,3-5,8-9,11-12,15H2,1-2H3,(H,30,33);2-3H2,1H3. The van der Waals surface area contributed by atoms with Crippen molar-refractivity contribution in [2.45, 2.75) is 76.0 Å². The summed E-state index contributed by atoms with van der Waals surface area (Å²) < 4.78 is 12.6. The van der Waals surface area contributed by atoms with E-state index in [1.807, 2.05) is 35.8 Å². The minimum absolute atomic E-state index is 0.181. The second kappa shape index (κ2) is 13.1. The van der Waals surface area contributed by atoms with Gasteiger partial charge in [-0.3, -0.25) is 4.39 Å². The van der Waals surface area contributed by atoms with Crippen LogP contribution in [0.3, 0.4) is 0 Å². The first-order valence-electron chi connectivity index (χ1n) is 13.9. The highest BCUT2D eigenvalue weighted by Crippen LogP contribution is 2.34. The van der Waals surface area contributed by atoms with Gasteiger partial charge in [0, 0.05) is 44.0 Å². The van der Waals surface area contributed by atoms with E-state index in [2.05, 4.69) is 26.5 Å². The number of likely N-dealkylation sites (tertiary alicyclic amines) is 1. The molecule has 2 aromatic heterocycles. The molecular formula is C28H37B3FN7. The number of halogens is 1. The number of hydrogen-bond acceptors (Lipinski definition) is 6. The second-order valence-electron chi connectivity index (χ2n) is 10.7. The molecule has 200 valence electrons. The zero-order chi connectivity index (χ0) is 28.0. The number of anilines is 1. The molecule has 1 saturated carbocycles. The summed E-state index contributed by atoms with van der Waals surface area (Å²) in [6.45, 7) is 5.89. The molecule has 2 aliphatic rings. The van der Waals surface area contributed by atoms with Gasteiger partial charge in [-0.1, -0.05) is 19.4 Å². The number of nitrogens with one attached hydrogen (secondary N) is 1. The summed E-state index contributed by atoms with van der Waals surface area (Å²) in [5.41, 5.74) is 5.48. The van der Waals surface area contributed by atoms with Crippen LogP contribution in [0, 0.1) is 6.92 Å². The summed E-state index contributed by atoms with van der Waals surface area (Å²) >= 11 is 0. The largest absolute Gasteiger partial charge is 0.350 e. The Hall–Kier alpha value is -2.68. The van der Waals surface area contributed by atoms with Gasteiger partial charge in [0.15, 0.2) is 0 Å². The number of piperidine rings is 1. The van der Waals surface area contributed by atoms with E-state index >= 15 is 0 Å². The first-order chi connectivity index (χ1) is 18.7. The van der Waals surface area contributed by atoms with E-state index in [-0.39, 0.29) is 13.1 Å². The monoisotopic (exact) mass is 523 g/mol. The molecule has 5 rings (SSSR count). The van der Waals surface area contributed by atoms with Crippen molar-refractivity contribution < 1.29 is 4.39 Å². The van der Waals surface area contributed by atoms with Crippen LogP contribution in [0.4, 0.5) is 16.0 Å². The highest BCUT2D eigenvalue weighted by atomic mass is 19.1. The van der Waals surface area contributed by atoms with Crippen LogP contribution in [0.2, 0.25) is 5.11 Å². The number of aryl methyl sites for hydroxylation is 1. The third-order valence-corrected chi connectivity index (χ3v) is 7.42. The van der Waals surface area contributed by atoms with Gasteiger partial charge in [-0.2, -0.15) is 10.2 Å². The van der Waals surface area contributed by atoms with Crippen molar-refractivity contribution >= 4 is 40.7 Å². The number of azo groups is 1. The van der Waals surface area contributed by atoms with Gasteiger partial charge >= 0.3 is 0 Å². The normalized spacial score (nSPS) is 17.2. The zero-order valence-electron chi connectivity index (χ0n) is 23.4. The number of aromatic nitrogens is 3. The lowest BCUT2D eigenvalue weighted by Crippen LogP contribution is -2.47. The SMILES string of the molecule is CCCF.[B]C([B])([B])Cc1nc(NC2CCN(C3CCC3)CC2)nn2ccc(-c3ccc(N=NC)c(C)c3)c12. The number of alkyl halides is 1. The number of nitrogens with zero attached hydrogens (tertiary/aromatic N) is 6. The number of rotatable bonds is 8. The first-order valence-corrected chi connectivity index (χ1v) is 13.9. The fraction of sp³-hybridized carbons (Fsp3) is 0.571. The Morgan fingerprint density at radius 3 is 2.41 bits per heavy atom. The molecule has 2 fully saturated rings. The molecule has 11 heteroatoms. The van der Waals surface area contributed by atoms with Crippen molar-refractivity contribution in [1.29, 1.82) is 0 Å². The van der Waals surface area contributed by atoms with Gasteiger partial charge in [-0.25, -0.2) is 9.50 Å². The Labute approximate surface area is 235 Å². The lowest BCUT2D eigenvalue weighted by atomic mass is 9.41. The molecule has 6 radical (unpaired) electrons. The van der Waals surface area contributed by atoms with E-state index in [9.17, 15) is 4.39 Å². The van der Waals surface area contributed by atoms with Crippen LogP contribution >= 0.6 is 0 Å². The molecule has 1 aromatic carbocycles. The molecular weight excluding hydrogens is 486 g/mol. The highest BCUT2D eigenvalue weighted by Gasteiger charge is 2.29.